The zero-order valence-corrected chi connectivity index (χ0v) is 32.6. The maximum absolute atomic E-state index is 15.2. The van der Waals surface area contributed by atoms with Crippen LogP contribution in [-0.2, 0) is 28.7 Å². The average Bonchev–Trinajstić information content (AvgIpc) is 3.76. The fourth-order valence-corrected chi connectivity index (χ4v) is 9.12. The lowest BCUT2D eigenvalue weighted by Gasteiger charge is -2.36. The third kappa shape index (κ3) is 7.29. The first-order valence-corrected chi connectivity index (χ1v) is 19.7. The van der Waals surface area contributed by atoms with Gasteiger partial charge in [-0.15, -0.1) is 0 Å². The Labute approximate surface area is 320 Å². The van der Waals surface area contributed by atoms with Gasteiger partial charge in [0.2, 0.25) is 11.8 Å². The number of anilines is 2. The van der Waals surface area contributed by atoms with Gasteiger partial charge >= 0.3 is 5.97 Å². The van der Waals surface area contributed by atoms with Crippen LogP contribution in [0.3, 0.4) is 0 Å². The van der Waals surface area contributed by atoms with E-state index >= 15 is 4.79 Å². The molecule has 284 valence electrons. The van der Waals surface area contributed by atoms with Crippen LogP contribution in [0, 0.1) is 11.8 Å². The Morgan fingerprint density at radius 2 is 1.64 bits per heavy atom. The monoisotopic (exact) mass is 790 g/mol. The van der Waals surface area contributed by atoms with Crippen molar-refractivity contribution in [1.82, 2.24) is 9.80 Å². The molecule has 4 aliphatic rings. The Bertz CT molecular complexity index is 1710. The highest BCUT2D eigenvalue weighted by atomic mass is 79.9. The number of likely N-dealkylation sites (tertiary alicyclic amines) is 1. The molecule has 0 radical (unpaired) electrons. The maximum Gasteiger partial charge on any atom is 0.313 e. The quantitative estimate of drug-likeness (QED) is 0.194. The van der Waals surface area contributed by atoms with Gasteiger partial charge in [0.25, 0.3) is 5.91 Å². The lowest BCUT2D eigenvalue weighted by Crippen LogP contribution is -2.56. The second kappa shape index (κ2) is 16.6. The van der Waals surface area contributed by atoms with Crippen LogP contribution in [0.25, 0.3) is 0 Å². The molecule has 53 heavy (non-hydrogen) atoms. The Kier molecular flexibility index (Phi) is 12.1. The van der Waals surface area contributed by atoms with Crippen molar-refractivity contribution in [3.63, 3.8) is 0 Å². The number of likely N-dealkylation sites (N-methyl/N-ethyl adjacent to an activating group) is 1. The molecule has 12 heteroatoms. The molecule has 2 aromatic carbocycles. The molecule has 0 saturated carbocycles. The number of ether oxygens (including phenoxy) is 2. The van der Waals surface area contributed by atoms with E-state index in [1.54, 1.807) is 21.7 Å². The Hall–Kier alpha value is -4.00. The summed E-state index contributed by atoms with van der Waals surface area (Å²) in [5.41, 5.74) is 0.987. The topological polar surface area (TPSA) is 120 Å². The van der Waals surface area contributed by atoms with Gasteiger partial charge in [0.1, 0.15) is 29.8 Å². The summed E-state index contributed by atoms with van der Waals surface area (Å²) < 4.78 is 13.7. The summed E-state index contributed by atoms with van der Waals surface area (Å²) >= 11 is 3.65. The summed E-state index contributed by atoms with van der Waals surface area (Å²) in [4.78, 5) is 65.1. The number of nitrogens with zero attached hydrogens (tertiary/aromatic N) is 4. The van der Waals surface area contributed by atoms with Crippen LogP contribution in [-0.4, -0.2) is 102 Å². The van der Waals surface area contributed by atoms with E-state index in [0.29, 0.717) is 35.9 Å². The average molecular weight is 792 g/mol. The number of esters is 1. The SMILES string of the molecule is CCN(CC)c1ccc(N2C/C=C\CCC(=O)N(C)[C@H](C)[C@@H](c3ccccc3)OC(=O)[C@@H]3[C@H]4O[C@@]5(C=C4Br)[C@H](C2=O)N(CCCCCO)C(=O)[C@@H]35)cc1. The number of carbonyl (C=O) groups is 4. The van der Waals surface area contributed by atoms with Gasteiger partial charge in [-0.1, -0.05) is 58.4 Å². The highest BCUT2D eigenvalue weighted by Gasteiger charge is 2.75. The minimum atomic E-state index is -1.42. The van der Waals surface area contributed by atoms with Gasteiger partial charge in [-0.3, -0.25) is 19.2 Å². The third-order valence-corrected chi connectivity index (χ3v) is 12.0. The normalized spacial score (nSPS) is 29.7. The van der Waals surface area contributed by atoms with Gasteiger partial charge in [0, 0.05) is 62.1 Å². The second-order valence-corrected chi connectivity index (χ2v) is 15.2. The molecule has 11 nitrogen and oxygen atoms in total. The molecule has 2 fully saturated rings. The van der Waals surface area contributed by atoms with Gasteiger partial charge in [0.15, 0.2) is 0 Å². The van der Waals surface area contributed by atoms with Gasteiger partial charge in [-0.05, 0) is 82.4 Å². The van der Waals surface area contributed by atoms with Crippen molar-refractivity contribution in [2.75, 3.05) is 49.6 Å². The molecule has 2 saturated heterocycles. The van der Waals surface area contributed by atoms with E-state index in [9.17, 15) is 19.5 Å². The summed E-state index contributed by atoms with van der Waals surface area (Å²) in [5.74, 6) is -3.43. The zero-order chi connectivity index (χ0) is 37.9. The predicted octanol–water partition coefficient (Wildman–Crippen LogP) is 5.38. The summed E-state index contributed by atoms with van der Waals surface area (Å²) in [7, 11) is 1.71. The number of benzene rings is 2. The number of aliphatic hydroxyl groups is 1. The first kappa shape index (κ1) is 38.7. The lowest BCUT2D eigenvalue weighted by molar-refractivity contribution is -0.164. The smallest absolute Gasteiger partial charge is 0.313 e. The number of fused-ring (bicyclic) bond motifs is 2. The molecule has 5 bridgehead atoms. The molecular formula is C41H51BrN4O7. The van der Waals surface area contributed by atoms with Crippen molar-refractivity contribution in [3.05, 3.63) is 82.9 Å². The first-order valence-electron chi connectivity index (χ1n) is 18.9. The molecule has 0 unspecified atom stereocenters. The molecule has 1 spiro atoms. The van der Waals surface area contributed by atoms with Gasteiger partial charge in [-0.2, -0.15) is 0 Å². The molecule has 2 aromatic rings. The number of unbranched alkanes of at least 4 members (excludes halogenated alkanes) is 2. The van der Waals surface area contributed by atoms with Crippen molar-refractivity contribution < 1.29 is 33.8 Å². The summed E-state index contributed by atoms with van der Waals surface area (Å²) in [5, 5.41) is 9.47. The molecule has 6 rings (SSSR count). The number of hydrogen-bond acceptors (Lipinski definition) is 8. The number of rotatable bonds is 10. The molecule has 7 atom stereocenters. The number of cyclic esters (lactones) is 1. The highest BCUT2D eigenvalue weighted by Crippen LogP contribution is 2.59. The minimum absolute atomic E-state index is 0.0304. The number of carbonyl (C=O) groups excluding carboxylic acids is 4. The molecule has 0 aromatic heterocycles. The van der Waals surface area contributed by atoms with E-state index < -0.39 is 47.7 Å². The van der Waals surface area contributed by atoms with Crippen LogP contribution in [0.5, 0.6) is 0 Å². The highest BCUT2D eigenvalue weighted by molar-refractivity contribution is 9.11. The molecule has 3 amide bonds. The number of hydrogen-bond donors (Lipinski definition) is 1. The lowest BCUT2D eigenvalue weighted by atomic mass is 9.74. The minimum Gasteiger partial charge on any atom is -0.455 e. The fraction of sp³-hybridized carbons (Fsp3) is 0.512. The Morgan fingerprint density at radius 3 is 2.32 bits per heavy atom. The van der Waals surface area contributed by atoms with Crippen molar-refractivity contribution in [3.8, 4) is 0 Å². The zero-order valence-electron chi connectivity index (χ0n) is 31.0. The second-order valence-electron chi connectivity index (χ2n) is 14.3. The number of amides is 3. The van der Waals surface area contributed by atoms with E-state index in [-0.39, 0.29) is 43.8 Å². The van der Waals surface area contributed by atoms with Gasteiger partial charge < -0.3 is 34.2 Å². The predicted molar refractivity (Wildman–Crippen MR) is 206 cm³/mol. The van der Waals surface area contributed by atoms with Crippen LogP contribution in [0.4, 0.5) is 11.4 Å². The van der Waals surface area contributed by atoms with Crippen molar-refractivity contribution >= 4 is 51.0 Å². The molecule has 4 aliphatic heterocycles. The number of aliphatic hydroxyl groups excluding tert-OH is 1. The van der Waals surface area contributed by atoms with Crippen LogP contribution >= 0.6 is 15.9 Å². The Morgan fingerprint density at radius 1 is 0.925 bits per heavy atom. The van der Waals surface area contributed by atoms with E-state index in [2.05, 4.69) is 34.7 Å². The standard InChI is InChI=1S/C41H51BrN4O7/c1-5-44(6-2)29-19-21-30(22-20-29)45-23-13-8-12-18-32(48)43(4)27(3)35(28-16-10-7-11-17-28)52-40(51)33-34-38(49)46(24-14-9-15-25-47)37(39(45)50)41(34)26-31(42)36(33)53-41/h7-8,10-11,13,16-17,19-22,26-27,33-37,47H,5-6,9,12,14-15,18,23-25H2,1-4H3/b13-8-/t27-,33+,34-,35+,36+,37+,41-/m1/s1. The van der Waals surface area contributed by atoms with E-state index in [4.69, 9.17) is 9.47 Å². The maximum atomic E-state index is 15.2. The van der Waals surface area contributed by atoms with Gasteiger partial charge in [0.05, 0.1) is 12.0 Å². The van der Waals surface area contributed by atoms with Gasteiger partial charge in [-0.25, -0.2) is 0 Å². The molecule has 1 N–H and O–H groups in total. The van der Waals surface area contributed by atoms with Crippen molar-refractivity contribution in [2.24, 2.45) is 11.8 Å². The van der Waals surface area contributed by atoms with E-state index in [1.165, 1.54) is 0 Å². The molecule has 0 aliphatic carbocycles. The van der Waals surface area contributed by atoms with E-state index in [1.807, 2.05) is 79.7 Å². The molecular weight excluding hydrogens is 740 g/mol. The summed E-state index contributed by atoms with van der Waals surface area (Å²) in [6, 6.07) is 15.5. The summed E-state index contributed by atoms with van der Waals surface area (Å²) in [6.45, 7) is 8.20. The number of halogens is 1. The first-order chi connectivity index (χ1) is 25.6. The summed E-state index contributed by atoms with van der Waals surface area (Å²) in [6.07, 6.45) is 6.45. The number of allylic oxidation sites excluding steroid dienone is 1. The third-order valence-electron chi connectivity index (χ3n) is 11.3. The van der Waals surface area contributed by atoms with Crippen molar-refractivity contribution in [2.45, 2.75) is 82.8 Å². The van der Waals surface area contributed by atoms with Crippen LogP contribution < -0.4 is 9.80 Å². The Balaban J connectivity index is 1.45. The largest absolute Gasteiger partial charge is 0.455 e. The molecule has 4 heterocycles. The van der Waals surface area contributed by atoms with Crippen molar-refractivity contribution in [1.29, 1.82) is 0 Å². The van der Waals surface area contributed by atoms with Crippen LogP contribution in [0.1, 0.15) is 64.5 Å². The van der Waals surface area contributed by atoms with Crippen LogP contribution in [0.15, 0.2) is 77.3 Å². The van der Waals surface area contributed by atoms with Crippen LogP contribution in [0.2, 0.25) is 0 Å². The fourth-order valence-electron chi connectivity index (χ4n) is 8.38. The van der Waals surface area contributed by atoms with E-state index in [0.717, 1.165) is 24.3 Å².